The van der Waals surface area contributed by atoms with E-state index in [1.165, 1.54) is 11.3 Å². The number of aryl methyl sites for hydroxylation is 2. The Morgan fingerprint density at radius 1 is 1.37 bits per heavy atom. The van der Waals surface area contributed by atoms with Crippen LogP contribution in [0.3, 0.4) is 0 Å². The number of amides is 2. The largest absolute Gasteiger partial charge is 0.367 e. The van der Waals surface area contributed by atoms with Crippen molar-refractivity contribution in [2.75, 3.05) is 24.6 Å². The number of carbonyl (C=O) groups excluding carboxylic acids is 2. The molecule has 1 aliphatic rings. The van der Waals surface area contributed by atoms with Crippen LogP contribution in [-0.4, -0.2) is 52.6 Å². The van der Waals surface area contributed by atoms with Crippen molar-refractivity contribution in [2.45, 2.75) is 32.9 Å². The monoisotopic (exact) mass is 390 g/mol. The molecule has 1 aliphatic heterocycles. The molecule has 2 aromatic rings. The first-order valence-corrected chi connectivity index (χ1v) is 9.40. The third-order valence-corrected chi connectivity index (χ3v) is 5.24. The van der Waals surface area contributed by atoms with Gasteiger partial charge in [-0.05, 0) is 13.8 Å². The van der Waals surface area contributed by atoms with E-state index in [1.54, 1.807) is 12.4 Å². The van der Waals surface area contributed by atoms with E-state index in [-0.39, 0.29) is 12.5 Å². The van der Waals surface area contributed by atoms with Gasteiger partial charge in [0.2, 0.25) is 11.8 Å². The predicted molar refractivity (Wildman–Crippen MR) is 100 cm³/mol. The molecule has 1 atom stereocenters. The molecule has 0 radical (unpaired) electrons. The van der Waals surface area contributed by atoms with E-state index in [0.29, 0.717) is 37.6 Å². The Kier molecular flexibility index (Phi) is 5.97. The summed E-state index contributed by atoms with van der Waals surface area (Å²) in [6.45, 7) is 5.43. The van der Waals surface area contributed by atoms with Gasteiger partial charge in [0.15, 0.2) is 6.10 Å². The van der Waals surface area contributed by atoms with E-state index in [1.807, 2.05) is 18.7 Å². The Morgan fingerprint density at radius 2 is 2.19 bits per heavy atom. The minimum atomic E-state index is -0.657. The van der Waals surface area contributed by atoms with E-state index in [2.05, 4.69) is 20.3 Å². The zero-order chi connectivity index (χ0) is 19.4. The van der Waals surface area contributed by atoms with Crippen molar-refractivity contribution in [1.29, 1.82) is 0 Å². The zero-order valence-corrected chi connectivity index (χ0v) is 16.1. The molecule has 1 unspecified atom stereocenters. The van der Waals surface area contributed by atoms with Crippen LogP contribution in [0, 0.1) is 13.8 Å². The molecule has 0 aromatic carbocycles. The number of hydrogen-bond acceptors (Lipinski definition) is 8. The molecule has 1 saturated heterocycles. The first-order chi connectivity index (χ1) is 12.9. The number of nitrogens with two attached hydrogens (primary N) is 1. The second-order valence-electron chi connectivity index (χ2n) is 6.27. The van der Waals surface area contributed by atoms with Crippen molar-refractivity contribution in [2.24, 2.45) is 5.73 Å². The minimum absolute atomic E-state index is 0.0888. The number of carbonyl (C=O) groups is 2. The fourth-order valence-corrected chi connectivity index (χ4v) is 3.73. The molecule has 2 amide bonds. The smallest absolute Gasteiger partial charge is 0.248 e. The van der Waals surface area contributed by atoms with Gasteiger partial charge in [0.05, 0.1) is 54.9 Å². The molecular weight excluding hydrogens is 368 g/mol. The second kappa shape index (κ2) is 8.40. The van der Waals surface area contributed by atoms with Gasteiger partial charge in [-0.2, -0.15) is 0 Å². The Bertz CT molecular complexity index is 840. The number of morpholine rings is 1. The SMILES string of the molecule is Cc1nc(C)c(CC(=O)NCc2cncc(N3CCOC(C(N)=O)C3)n2)s1. The molecule has 9 nitrogen and oxygen atoms in total. The Balaban J connectivity index is 1.58. The summed E-state index contributed by atoms with van der Waals surface area (Å²) in [6, 6.07) is 0. The quantitative estimate of drug-likeness (QED) is 0.717. The number of rotatable bonds is 6. The number of thiazole rings is 1. The highest BCUT2D eigenvalue weighted by Gasteiger charge is 2.25. The number of anilines is 1. The summed E-state index contributed by atoms with van der Waals surface area (Å²) >= 11 is 1.53. The molecule has 0 saturated carbocycles. The van der Waals surface area contributed by atoms with Crippen LogP contribution in [0.4, 0.5) is 5.82 Å². The van der Waals surface area contributed by atoms with Gasteiger partial charge in [-0.25, -0.2) is 9.97 Å². The Hall–Kier alpha value is -2.59. The lowest BCUT2D eigenvalue weighted by Crippen LogP contribution is -2.48. The maximum Gasteiger partial charge on any atom is 0.248 e. The van der Waals surface area contributed by atoms with Crippen molar-refractivity contribution in [3.8, 4) is 0 Å². The summed E-state index contributed by atoms with van der Waals surface area (Å²) < 4.78 is 5.34. The molecule has 3 rings (SSSR count). The van der Waals surface area contributed by atoms with Crippen LogP contribution in [0.1, 0.15) is 21.3 Å². The van der Waals surface area contributed by atoms with Crippen LogP contribution in [0.2, 0.25) is 0 Å². The van der Waals surface area contributed by atoms with Crippen LogP contribution in [-0.2, 0) is 27.3 Å². The van der Waals surface area contributed by atoms with E-state index in [9.17, 15) is 9.59 Å². The van der Waals surface area contributed by atoms with Crippen LogP contribution in [0.5, 0.6) is 0 Å². The summed E-state index contributed by atoms with van der Waals surface area (Å²) in [4.78, 5) is 39.4. The molecule has 144 valence electrons. The number of nitrogens with zero attached hydrogens (tertiary/aromatic N) is 4. The Morgan fingerprint density at radius 3 is 2.89 bits per heavy atom. The average molecular weight is 390 g/mol. The van der Waals surface area contributed by atoms with E-state index in [4.69, 9.17) is 10.5 Å². The average Bonchev–Trinajstić information content (AvgIpc) is 2.97. The Labute approximate surface area is 161 Å². The first-order valence-electron chi connectivity index (χ1n) is 8.58. The molecular formula is C17H22N6O3S. The van der Waals surface area contributed by atoms with Gasteiger partial charge < -0.3 is 20.7 Å². The number of aromatic nitrogens is 3. The van der Waals surface area contributed by atoms with Gasteiger partial charge in [0.1, 0.15) is 5.82 Å². The van der Waals surface area contributed by atoms with Crippen molar-refractivity contribution in [1.82, 2.24) is 20.3 Å². The highest BCUT2D eigenvalue weighted by molar-refractivity contribution is 7.11. The maximum atomic E-state index is 12.2. The highest BCUT2D eigenvalue weighted by Crippen LogP contribution is 2.18. The second-order valence-corrected chi connectivity index (χ2v) is 7.56. The van der Waals surface area contributed by atoms with Gasteiger partial charge in [0, 0.05) is 11.4 Å². The molecule has 3 heterocycles. The molecule has 3 N–H and O–H groups in total. The summed E-state index contributed by atoms with van der Waals surface area (Å²) in [7, 11) is 0. The number of ether oxygens (including phenoxy) is 1. The van der Waals surface area contributed by atoms with Crippen molar-refractivity contribution in [3.05, 3.63) is 33.7 Å². The third kappa shape index (κ3) is 4.98. The fourth-order valence-electron chi connectivity index (χ4n) is 2.80. The van der Waals surface area contributed by atoms with Crippen LogP contribution in [0.25, 0.3) is 0 Å². The molecule has 0 spiro atoms. The third-order valence-electron chi connectivity index (χ3n) is 4.17. The lowest BCUT2D eigenvalue weighted by Gasteiger charge is -2.32. The molecule has 10 heteroatoms. The predicted octanol–water partition coefficient (Wildman–Crippen LogP) is 0.0993. The van der Waals surface area contributed by atoms with E-state index < -0.39 is 12.0 Å². The summed E-state index contributed by atoms with van der Waals surface area (Å²) in [5.74, 6) is 0.0454. The van der Waals surface area contributed by atoms with Gasteiger partial charge in [-0.3, -0.25) is 14.6 Å². The molecule has 2 aromatic heterocycles. The van der Waals surface area contributed by atoms with Crippen LogP contribution < -0.4 is 16.0 Å². The van der Waals surface area contributed by atoms with E-state index in [0.717, 1.165) is 15.6 Å². The molecule has 1 fully saturated rings. The maximum absolute atomic E-state index is 12.2. The first kappa shape index (κ1) is 19.2. The van der Waals surface area contributed by atoms with Gasteiger partial charge in [-0.1, -0.05) is 0 Å². The lowest BCUT2D eigenvalue weighted by molar-refractivity contribution is -0.130. The fraction of sp³-hybridized carbons (Fsp3) is 0.471. The summed E-state index contributed by atoms with van der Waals surface area (Å²) in [6.07, 6.45) is 2.87. The van der Waals surface area contributed by atoms with Crippen LogP contribution >= 0.6 is 11.3 Å². The normalized spacial score (nSPS) is 17.0. The lowest BCUT2D eigenvalue weighted by atomic mass is 10.2. The molecule has 0 aliphatic carbocycles. The molecule has 27 heavy (non-hydrogen) atoms. The number of hydrogen-bond donors (Lipinski definition) is 2. The van der Waals surface area contributed by atoms with Crippen molar-refractivity contribution < 1.29 is 14.3 Å². The zero-order valence-electron chi connectivity index (χ0n) is 15.3. The highest BCUT2D eigenvalue weighted by atomic mass is 32.1. The topological polar surface area (TPSA) is 123 Å². The molecule has 0 bridgehead atoms. The van der Waals surface area contributed by atoms with Gasteiger partial charge in [0.25, 0.3) is 0 Å². The van der Waals surface area contributed by atoms with Crippen molar-refractivity contribution >= 4 is 29.0 Å². The number of nitrogens with one attached hydrogen (secondary N) is 1. The van der Waals surface area contributed by atoms with Gasteiger partial charge in [-0.15, -0.1) is 11.3 Å². The summed E-state index contributed by atoms with van der Waals surface area (Å²) in [5.41, 5.74) is 6.85. The van der Waals surface area contributed by atoms with E-state index >= 15 is 0 Å². The minimum Gasteiger partial charge on any atom is -0.367 e. The summed E-state index contributed by atoms with van der Waals surface area (Å²) in [5, 5.41) is 3.81. The number of primary amides is 1. The van der Waals surface area contributed by atoms with Crippen LogP contribution in [0.15, 0.2) is 12.4 Å². The standard InChI is InChI=1S/C17H22N6O3S/c1-10-14(27-11(2)21-10)5-16(24)20-7-12-6-19-8-15(22-12)23-3-4-26-13(9-23)17(18)25/h6,8,13H,3-5,7,9H2,1-2H3,(H2,18,25)(H,20,24). The van der Waals surface area contributed by atoms with Gasteiger partial charge >= 0.3 is 0 Å². The van der Waals surface area contributed by atoms with Crippen molar-refractivity contribution in [3.63, 3.8) is 0 Å².